The molecule has 0 bridgehead atoms. The lowest BCUT2D eigenvalue weighted by Crippen LogP contribution is -2.15. The van der Waals surface area contributed by atoms with E-state index in [-0.39, 0.29) is 16.6 Å². The molecule has 9 nitrogen and oxygen atoms in total. The molecule has 30 heavy (non-hydrogen) atoms. The normalized spacial score (nSPS) is 11.1. The zero-order valence-corrected chi connectivity index (χ0v) is 18.3. The SMILES string of the molecule is CCOc1ccccc1Nc1nnc(SCC(=O)Nc2ccc(S(N)(=O)=O)cc2)s1. The van der Waals surface area contributed by atoms with E-state index in [2.05, 4.69) is 20.8 Å². The molecular formula is C18H19N5O4S3. The fourth-order valence-electron chi connectivity index (χ4n) is 2.34. The van der Waals surface area contributed by atoms with Crippen LogP contribution in [0.4, 0.5) is 16.5 Å². The van der Waals surface area contributed by atoms with Crippen molar-refractivity contribution in [3.05, 3.63) is 48.5 Å². The summed E-state index contributed by atoms with van der Waals surface area (Å²) < 4.78 is 28.7. The van der Waals surface area contributed by atoms with Gasteiger partial charge < -0.3 is 15.4 Å². The van der Waals surface area contributed by atoms with Gasteiger partial charge in [0.15, 0.2) is 4.34 Å². The molecule has 0 aliphatic rings. The predicted molar refractivity (Wildman–Crippen MR) is 118 cm³/mol. The van der Waals surface area contributed by atoms with E-state index in [1.807, 2.05) is 31.2 Å². The molecule has 1 heterocycles. The van der Waals surface area contributed by atoms with E-state index >= 15 is 0 Å². The van der Waals surface area contributed by atoms with Crippen molar-refractivity contribution in [3.63, 3.8) is 0 Å². The van der Waals surface area contributed by atoms with Crippen LogP contribution in [0.15, 0.2) is 57.8 Å². The van der Waals surface area contributed by atoms with Gasteiger partial charge in [-0.05, 0) is 43.3 Å². The third-order valence-electron chi connectivity index (χ3n) is 3.63. The van der Waals surface area contributed by atoms with Crippen molar-refractivity contribution in [2.75, 3.05) is 23.0 Å². The van der Waals surface area contributed by atoms with Gasteiger partial charge >= 0.3 is 0 Å². The first kappa shape index (κ1) is 22.0. The van der Waals surface area contributed by atoms with Crippen molar-refractivity contribution < 1.29 is 17.9 Å². The van der Waals surface area contributed by atoms with Gasteiger partial charge in [-0.25, -0.2) is 13.6 Å². The first-order valence-corrected chi connectivity index (χ1v) is 12.1. The zero-order chi connectivity index (χ0) is 21.6. The molecular weight excluding hydrogens is 446 g/mol. The molecule has 12 heteroatoms. The van der Waals surface area contributed by atoms with Crippen LogP contribution < -0.4 is 20.5 Å². The first-order chi connectivity index (χ1) is 14.3. The van der Waals surface area contributed by atoms with Gasteiger partial charge in [0.2, 0.25) is 21.1 Å². The Morgan fingerprint density at radius 3 is 2.60 bits per heavy atom. The summed E-state index contributed by atoms with van der Waals surface area (Å²) in [5, 5.41) is 19.7. The molecule has 0 saturated carbocycles. The summed E-state index contributed by atoms with van der Waals surface area (Å²) in [6, 6.07) is 13.1. The molecule has 0 saturated heterocycles. The van der Waals surface area contributed by atoms with Crippen LogP contribution in [0, 0.1) is 0 Å². The molecule has 0 aliphatic carbocycles. The second kappa shape index (κ2) is 9.89. The van der Waals surface area contributed by atoms with Crippen LogP contribution in [0.25, 0.3) is 0 Å². The predicted octanol–water partition coefficient (Wildman–Crippen LogP) is 3.06. The topological polar surface area (TPSA) is 136 Å². The Balaban J connectivity index is 1.53. The molecule has 0 unspecified atom stereocenters. The highest BCUT2D eigenvalue weighted by Gasteiger charge is 2.11. The maximum Gasteiger partial charge on any atom is 0.238 e. The summed E-state index contributed by atoms with van der Waals surface area (Å²) in [6.45, 7) is 2.46. The minimum absolute atomic E-state index is 0.0188. The number of nitrogens with two attached hydrogens (primary N) is 1. The summed E-state index contributed by atoms with van der Waals surface area (Å²) in [5.41, 5.74) is 1.26. The van der Waals surface area contributed by atoms with Crippen molar-refractivity contribution in [2.45, 2.75) is 16.2 Å². The first-order valence-electron chi connectivity index (χ1n) is 8.73. The third-order valence-corrected chi connectivity index (χ3v) is 6.53. The number of carbonyl (C=O) groups excluding carboxylic acids is 1. The number of hydrogen-bond acceptors (Lipinski definition) is 9. The Labute approximate surface area is 182 Å². The number of nitrogens with one attached hydrogen (secondary N) is 2. The number of sulfonamides is 1. The number of ether oxygens (including phenoxy) is 1. The Kier molecular flexibility index (Phi) is 7.26. The van der Waals surface area contributed by atoms with Gasteiger partial charge in [0.05, 0.1) is 22.9 Å². The maximum atomic E-state index is 12.1. The second-order valence-corrected chi connectivity index (χ2v) is 9.59. The van der Waals surface area contributed by atoms with E-state index in [9.17, 15) is 13.2 Å². The van der Waals surface area contributed by atoms with Gasteiger partial charge in [0.1, 0.15) is 5.75 Å². The number of anilines is 3. The van der Waals surface area contributed by atoms with Crippen LogP contribution >= 0.6 is 23.1 Å². The van der Waals surface area contributed by atoms with Gasteiger partial charge in [-0.3, -0.25) is 4.79 Å². The van der Waals surface area contributed by atoms with Crippen molar-refractivity contribution in [1.29, 1.82) is 0 Å². The van der Waals surface area contributed by atoms with Gasteiger partial charge in [0, 0.05) is 5.69 Å². The molecule has 4 N–H and O–H groups in total. The van der Waals surface area contributed by atoms with E-state index in [0.717, 1.165) is 11.4 Å². The molecule has 0 aliphatic heterocycles. The highest BCUT2D eigenvalue weighted by molar-refractivity contribution is 8.01. The van der Waals surface area contributed by atoms with E-state index in [0.29, 0.717) is 21.8 Å². The number of benzene rings is 2. The third kappa shape index (κ3) is 6.16. The number of primary sulfonamides is 1. The van der Waals surface area contributed by atoms with Crippen molar-refractivity contribution in [2.24, 2.45) is 5.14 Å². The lowest BCUT2D eigenvalue weighted by molar-refractivity contribution is -0.113. The maximum absolute atomic E-state index is 12.1. The van der Waals surface area contributed by atoms with Crippen LogP contribution in [0.3, 0.4) is 0 Å². The highest BCUT2D eigenvalue weighted by atomic mass is 32.2. The highest BCUT2D eigenvalue weighted by Crippen LogP contribution is 2.31. The van der Waals surface area contributed by atoms with Crippen molar-refractivity contribution >= 4 is 55.5 Å². The van der Waals surface area contributed by atoms with Crippen molar-refractivity contribution in [1.82, 2.24) is 10.2 Å². The van der Waals surface area contributed by atoms with E-state index in [4.69, 9.17) is 9.88 Å². The van der Waals surface area contributed by atoms with Crippen LogP contribution in [-0.4, -0.2) is 36.9 Å². The standard InChI is InChI=1S/C18H19N5O4S3/c1-2-27-15-6-4-3-5-14(15)21-17-22-23-18(29-17)28-11-16(24)20-12-7-9-13(10-8-12)30(19,25)26/h3-10H,2,11H2,1H3,(H,20,24)(H,21,22)(H2,19,25,26). The number of nitrogens with zero attached hydrogens (tertiary/aromatic N) is 2. The molecule has 2 aromatic carbocycles. The average Bonchev–Trinajstić information content (AvgIpc) is 3.15. The van der Waals surface area contributed by atoms with Crippen molar-refractivity contribution in [3.8, 4) is 5.75 Å². The monoisotopic (exact) mass is 465 g/mol. The summed E-state index contributed by atoms with van der Waals surface area (Å²) >= 11 is 2.57. The second-order valence-electron chi connectivity index (χ2n) is 5.83. The molecule has 0 radical (unpaired) electrons. The minimum Gasteiger partial charge on any atom is -0.492 e. The van der Waals surface area contributed by atoms with Gasteiger partial charge in [-0.2, -0.15) is 0 Å². The summed E-state index contributed by atoms with van der Waals surface area (Å²) in [4.78, 5) is 12.1. The average molecular weight is 466 g/mol. The summed E-state index contributed by atoms with van der Waals surface area (Å²) in [7, 11) is -3.77. The fourth-order valence-corrected chi connectivity index (χ4v) is 4.42. The molecule has 1 aromatic heterocycles. The number of para-hydroxylation sites is 2. The van der Waals surface area contributed by atoms with Crippen LogP contribution in [-0.2, 0) is 14.8 Å². The molecule has 3 rings (SSSR count). The molecule has 0 fully saturated rings. The van der Waals surface area contributed by atoms with E-state index in [1.165, 1.54) is 47.4 Å². The largest absolute Gasteiger partial charge is 0.492 e. The Morgan fingerprint density at radius 1 is 1.17 bits per heavy atom. The van der Waals surface area contributed by atoms with Gasteiger partial charge in [-0.15, -0.1) is 10.2 Å². The number of aromatic nitrogens is 2. The molecule has 3 aromatic rings. The summed E-state index contributed by atoms with van der Waals surface area (Å²) in [5.74, 6) is 0.591. The minimum atomic E-state index is -3.77. The van der Waals surface area contributed by atoms with Gasteiger partial charge in [-0.1, -0.05) is 35.2 Å². The number of thioether (sulfide) groups is 1. The Bertz CT molecular complexity index is 1120. The van der Waals surface area contributed by atoms with E-state index < -0.39 is 10.0 Å². The number of amides is 1. The number of rotatable bonds is 9. The number of hydrogen-bond donors (Lipinski definition) is 3. The zero-order valence-electron chi connectivity index (χ0n) is 15.9. The molecule has 0 spiro atoms. The van der Waals surface area contributed by atoms with Gasteiger partial charge in [0.25, 0.3) is 0 Å². The summed E-state index contributed by atoms with van der Waals surface area (Å²) in [6.07, 6.45) is 0. The van der Waals surface area contributed by atoms with E-state index in [1.54, 1.807) is 0 Å². The molecule has 158 valence electrons. The lowest BCUT2D eigenvalue weighted by Gasteiger charge is -2.09. The Morgan fingerprint density at radius 2 is 1.90 bits per heavy atom. The quantitative estimate of drug-likeness (QED) is 0.410. The Hall–Kier alpha value is -2.67. The van der Waals surface area contributed by atoms with Crippen LogP contribution in [0.2, 0.25) is 0 Å². The molecule has 0 atom stereocenters. The fraction of sp³-hybridized carbons (Fsp3) is 0.167. The smallest absolute Gasteiger partial charge is 0.238 e. The van der Waals surface area contributed by atoms with Crippen LogP contribution in [0.1, 0.15) is 6.92 Å². The number of carbonyl (C=O) groups is 1. The lowest BCUT2D eigenvalue weighted by atomic mass is 10.3. The molecule has 1 amide bonds. The van der Waals surface area contributed by atoms with Crippen LogP contribution in [0.5, 0.6) is 5.75 Å².